The summed E-state index contributed by atoms with van der Waals surface area (Å²) in [5.41, 5.74) is -0.770. The summed E-state index contributed by atoms with van der Waals surface area (Å²) in [6.45, 7) is 1.77. The van der Waals surface area contributed by atoms with Crippen LogP contribution < -0.4 is 0 Å². The van der Waals surface area contributed by atoms with Gasteiger partial charge in [0.1, 0.15) is 0 Å². The predicted octanol–water partition coefficient (Wildman–Crippen LogP) is 1.55. The lowest BCUT2D eigenvalue weighted by atomic mass is 9.95. The van der Waals surface area contributed by atoms with Gasteiger partial charge in [0.25, 0.3) is 0 Å². The number of hydrogen-bond donors (Lipinski definition) is 1. The number of unbranched alkanes of at least 4 members (excludes halogenated alkanes) is 1. The lowest BCUT2D eigenvalue weighted by molar-refractivity contribution is -0.141. The zero-order chi connectivity index (χ0) is 11.0. The molecular formula is C11H20O3. The molecule has 0 radical (unpaired) electrons. The molecule has 0 saturated carbocycles. The lowest BCUT2D eigenvalue weighted by Crippen LogP contribution is -2.31. The van der Waals surface area contributed by atoms with Crippen molar-refractivity contribution in [3.63, 3.8) is 0 Å². The molecule has 0 heterocycles. The highest BCUT2D eigenvalue weighted by atomic mass is 16.7. The molecule has 0 spiro atoms. The minimum atomic E-state index is -0.770. The molecule has 0 aromatic carbocycles. The highest BCUT2D eigenvalue weighted by molar-refractivity contribution is 4.85. The van der Waals surface area contributed by atoms with Crippen LogP contribution in [0.3, 0.4) is 0 Å². The summed E-state index contributed by atoms with van der Waals surface area (Å²) in [5.74, 6) is 2.55. The first-order chi connectivity index (χ1) is 6.55. The van der Waals surface area contributed by atoms with Gasteiger partial charge in [-0.2, -0.15) is 0 Å². The van der Waals surface area contributed by atoms with E-state index in [1.54, 1.807) is 21.1 Å². The fraction of sp³-hybridized carbons (Fsp3) is 0.818. The lowest BCUT2D eigenvalue weighted by Gasteiger charge is -2.26. The maximum absolute atomic E-state index is 9.95. The van der Waals surface area contributed by atoms with Crippen LogP contribution in [0.5, 0.6) is 0 Å². The van der Waals surface area contributed by atoms with Crippen molar-refractivity contribution in [2.45, 2.75) is 44.5 Å². The third-order valence-corrected chi connectivity index (χ3v) is 2.17. The Balaban J connectivity index is 3.86. The van der Waals surface area contributed by atoms with Crippen molar-refractivity contribution < 1.29 is 14.6 Å². The quantitative estimate of drug-likeness (QED) is 0.385. The fourth-order valence-corrected chi connectivity index (χ4v) is 1.30. The van der Waals surface area contributed by atoms with Gasteiger partial charge in [0.15, 0.2) is 6.29 Å². The normalized spacial score (nSPS) is 15.1. The molecule has 1 atom stereocenters. The third-order valence-electron chi connectivity index (χ3n) is 2.17. The maximum atomic E-state index is 9.95. The van der Waals surface area contributed by atoms with Crippen LogP contribution in [0.15, 0.2) is 0 Å². The molecule has 0 aliphatic rings. The van der Waals surface area contributed by atoms with Crippen molar-refractivity contribution in [2.24, 2.45) is 0 Å². The van der Waals surface area contributed by atoms with Crippen molar-refractivity contribution in [3.05, 3.63) is 0 Å². The average molecular weight is 200 g/mol. The first kappa shape index (κ1) is 13.4. The average Bonchev–Trinajstić information content (AvgIpc) is 2.14. The Hall–Kier alpha value is -0.560. The van der Waals surface area contributed by atoms with Gasteiger partial charge in [-0.3, -0.25) is 0 Å². The molecule has 0 amide bonds. The molecule has 0 aromatic rings. The number of rotatable bonds is 7. The SMILES string of the molecule is C#CCCCC(C)(O)CC(OC)OC. The second-order valence-corrected chi connectivity index (χ2v) is 3.66. The van der Waals surface area contributed by atoms with Crippen LogP contribution in [-0.4, -0.2) is 31.2 Å². The van der Waals surface area contributed by atoms with Crippen molar-refractivity contribution in [2.75, 3.05) is 14.2 Å². The first-order valence-electron chi connectivity index (χ1n) is 4.77. The zero-order valence-corrected chi connectivity index (χ0v) is 9.25. The van der Waals surface area contributed by atoms with E-state index in [1.807, 2.05) is 0 Å². The van der Waals surface area contributed by atoms with Gasteiger partial charge in [-0.25, -0.2) is 0 Å². The first-order valence-corrected chi connectivity index (χ1v) is 4.77. The molecule has 1 unspecified atom stereocenters. The van der Waals surface area contributed by atoms with Crippen LogP contribution in [0.25, 0.3) is 0 Å². The summed E-state index contributed by atoms with van der Waals surface area (Å²) in [5, 5.41) is 9.95. The highest BCUT2D eigenvalue weighted by Crippen LogP contribution is 2.20. The van der Waals surface area contributed by atoms with Crippen molar-refractivity contribution in [1.82, 2.24) is 0 Å². The summed E-state index contributed by atoms with van der Waals surface area (Å²) in [7, 11) is 3.12. The van der Waals surface area contributed by atoms with E-state index in [4.69, 9.17) is 15.9 Å². The molecule has 3 heteroatoms. The van der Waals surface area contributed by atoms with Crippen LogP contribution in [-0.2, 0) is 9.47 Å². The van der Waals surface area contributed by atoms with Crippen LogP contribution in [0, 0.1) is 12.3 Å². The summed E-state index contributed by atoms with van der Waals surface area (Å²) >= 11 is 0. The van der Waals surface area contributed by atoms with Gasteiger partial charge in [0.05, 0.1) is 5.60 Å². The number of terminal acetylenes is 1. The van der Waals surface area contributed by atoms with E-state index in [9.17, 15) is 5.11 Å². The predicted molar refractivity (Wildman–Crippen MR) is 55.7 cm³/mol. The summed E-state index contributed by atoms with van der Waals surface area (Å²) in [6, 6.07) is 0. The van der Waals surface area contributed by atoms with Crippen LogP contribution in [0.1, 0.15) is 32.6 Å². The van der Waals surface area contributed by atoms with E-state index in [2.05, 4.69) is 5.92 Å². The number of aliphatic hydroxyl groups is 1. The molecule has 14 heavy (non-hydrogen) atoms. The number of ether oxygens (including phenoxy) is 2. The minimum Gasteiger partial charge on any atom is -0.390 e. The molecule has 0 saturated heterocycles. The molecule has 0 fully saturated rings. The third kappa shape index (κ3) is 5.98. The zero-order valence-electron chi connectivity index (χ0n) is 9.25. The Bertz CT molecular complexity index is 177. The van der Waals surface area contributed by atoms with E-state index in [-0.39, 0.29) is 6.29 Å². The Kier molecular flexibility index (Phi) is 6.56. The Morgan fingerprint density at radius 3 is 2.43 bits per heavy atom. The second kappa shape index (κ2) is 6.83. The largest absolute Gasteiger partial charge is 0.390 e. The van der Waals surface area contributed by atoms with Gasteiger partial charge < -0.3 is 14.6 Å². The number of methoxy groups -OCH3 is 2. The second-order valence-electron chi connectivity index (χ2n) is 3.66. The van der Waals surface area contributed by atoms with Crippen molar-refractivity contribution in [3.8, 4) is 12.3 Å². The molecule has 1 N–H and O–H groups in total. The summed E-state index contributed by atoms with van der Waals surface area (Å²) in [4.78, 5) is 0. The van der Waals surface area contributed by atoms with E-state index in [1.165, 1.54) is 0 Å². The van der Waals surface area contributed by atoms with Gasteiger partial charge in [-0.15, -0.1) is 12.3 Å². The molecule has 0 aromatic heterocycles. The fourth-order valence-electron chi connectivity index (χ4n) is 1.30. The molecule has 0 aliphatic carbocycles. The summed E-state index contributed by atoms with van der Waals surface area (Å²) < 4.78 is 10.0. The Morgan fingerprint density at radius 2 is 2.00 bits per heavy atom. The molecule has 0 aliphatic heterocycles. The van der Waals surface area contributed by atoms with Gasteiger partial charge in [-0.1, -0.05) is 0 Å². The summed E-state index contributed by atoms with van der Waals surface area (Å²) in [6.07, 6.45) is 7.43. The smallest absolute Gasteiger partial charge is 0.159 e. The molecule has 3 nitrogen and oxygen atoms in total. The minimum absolute atomic E-state index is 0.351. The van der Waals surface area contributed by atoms with Crippen LogP contribution in [0.4, 0.5) is 0 Å². The Labute approximate surface area is 86.4 Å². The Morgan fingerprint density at radius 1 is 1.43 bits per heavy atom. The molecule has 0 bridgehead atoms. The number of hydrogen-bond acceptors (Lipinski definition) is 3. The standard InChI is InChI=1S/C11H20O3/c1-5-6-7-8-11(2,12)9-10(13-3)14-4/h1,10,12H,6-9H2,2-4H3. The highest BCUT2D eigenvalue weighted by Gasteiger charge is 2.24. The monoisotopic (exact) mass is 200 g/mol. The van der Waals surface area contributed by atoms with E-state index in [0.29, 0.717) is 19.3 Å². The van der Waals surface area contributed by atoms with Crippen LogP contribution in [0.2, 0.25) is 0 Å². The van der Waals surface area contributed by atoms with Crippen molar-refractivity contribution in [1.29, 1.82) is 0 Å². The topological polar surface area (TPSA) is 38.7 Å². The molecule has 82 valence electrons. The van der Waals surface area contributed by atoms with Gasteiger partial charge in [0, 0.05) is 27.1 Å². The van der Waals surface area contributed by atoms with Gasteiger partial charge >= 0.3 is 0 Å². The maximum Gasteiger partial charge on any atom is 0.159 e. The van der Waals surface area contributed by atoms with E-state index < -0.39 is 5.60 Å². The van der Waals surface area contributed by atoms with E-state index >= 15 is 0 Å². The molecule has 0 rings (SSSR count). The van der Waals surface area contributed by atoms with Crippen molar-refractivity contribution >= 4 is 0 Å². The van der Waals surface area contributed by atoms with Gasteiger partial charge in [-0.05, 0) is 19.8 Å². The molecular weight excluding hydrogens is 180 g/mol. The van der Waals surface area contributed by atoms with E-state index in [0.717, 1.165) is 6.42 Å². The van der Waals surface area contributed by atoms with Crippen LogP contribution >= 0.6 is 0 Å². The van der Waals surface area contributed by atoms with Gasteiger partial charge in [0.2, 0.25) is 0 Å².